The van der Waals surface area contributed by atoms with E-state index in [-0.39, 0.29) is 5.41 Å². The SMILES string of the molecule is CCCCCCc1ccc(-c2ccc3c(c2)C(c2ccc(CCCCCC)cc2)(c2ccc(CCCCCC)cc2)c2cc(-c4ccc(N(c5ccc(-c6ccc(C(C)(C)C)cc6)cc5)c5ccc(C6(c7ccc(CCCCCC)cc7)c7cc(C)ccc7-c7ccc(C)cc76)cc5)cc4)ccc2-3)cc1. The summed E-state index contributed by atoms with van der Waals surface area (Å²) < 4.78 is 0. The monoisotopic (exact) mass is 1370 g/mol. The molecule has 0 N–H and O–H groups in total. The predicted octanol–water partition coefficient (Wildman–Crippen LogP) is 29.3. The number of nitrogens with zero attached hydrogens (tertiary/aromatic N) is 1. The molecule has 12 aromatic rings. The summed E-state index contributed by atoms with van der Waals surface area (Å²) in [5, 5.41) is 0. The van der Waals surface area contributed by atoms with Crippen LogP contribution in [-0.4, -0.2) is 0 Å². The number of fused-ring (bicyclic) bond motifs is 6. The summed E-state index contributed by atoms with van der Waals surface area (Å²) >= 11 is 0. The number of aryl methyl sites for hydroxylation is 6. The molecule has 2 aliphatic carbocycles. The van der Waals surface area contributed by atoms with Gasteiger partial charge in [0, 0.05) is 17.1 Å². The van der Waals surface area contributed by atoms with E-state index in [4.69, 9.17) is 0 Å². The first-order chi connectivity index (χ1) is 51.3. The second-order valence-electron chi connectivity index (χ2n) is 32.0. The van der Waals surface area contributed by atoms with E-state index in [1.54, 1.807) is 0 Å². The van der Waals surface area contributed by atoms with E-state index in [9.17, 15) is 0 Å². The molecule has 0 spiro atoms. The predicted molar refractivity (Wildman–Crippen MR) is 452 cm³/mol. The fraction of sp³-hybridized carbons (Fsp3) is 0.308. The molecule has 0 aliphatic heterocycles. The van der Waals surface area contributed by atoms with Gasteiger partial charge in [-0.15, -0.1) is 0 Å². The van der Waals surface area contributed by atoms with Gasteiger partial charge in [-0.1, -0.05) is 355 Å². The van der Waals surface area contributed by atoms with Gasteiger partial charge in [-0.3, -0.25) is 0 Å². The Bertz CT molecular complexity index is 4760. The zero-order chi connectivity index (χ0) is 72.5. The van der Waals surface area contributed by atoms with Gasteiger partial charge in [0.2, 0.25) is 0 Å². The molecule has 1 heteroatoms. The van der Waals surface area contributed by atoms with Crippen molar-refractivity contribution in [3.05, 3.63) is 350 Å². The molecule has 0 heterocycles. The summed E-state index contributed by atoms with van der Waals surface area (Å²) in [5.41, 5.74) is 35.1. The van der Waals surface area contributed by atoms with Gasteiger partial charge >= 0.3 is 0 Å². The van der Waals surface area contributed by atoms with Crippen LogP contribution in [0.5, 0.6) is 0 Å². The van der Waals surface area contributed by atoms with Crippen LogP contribution in [0.3, 0.4) is 0 Å². The minimum Gasteiger partial charge on any atom is -0.311 e. The average Bonchev–Trinajstić information content (AvgIpc) is 1.55. The number of benzene rings is 12. The Kier molecular flexibility index (Phi) is 22.4. The van der Waals surface area contributed by atoms with E-state index in [2.05, 4.69) is 334 Å². The quantitative estimate of drug-likeness (QED) is 0.0406. The maximum absolute atomic E-state index is 2.57. The minimum absolute atomic E-state index is 0.0796. The van der Waals surface area contributed by atoms with Gasteiger partial charge in [-0.2, -0.15) is 0 Å². The number of anilines is 3. The summed E-state index contributed by atoms with van der Waals surface area (Å²) in [7, 11) is 0. The fourth-order valence-electron chi connectivity index (χ4n) is 17.5. The number of unbranched alkanes of at least 4 members (excludes halogenated alkanes) is 12. The van der Waals surface area contributed by atoms with Crippen molar-refractivity contribution in [3.63, 3.8) is 0 Å². The van der Waals surface area contributed by atoms with Gasteiger partial charge in [0.25, 0.3) is 0 Å². The van der Waals surface area contributed by atoms with Crippen molar-refractivity contribution in [3.8, 4) is 55.6 Å². The molecule has 12 aromatic carbocycles. The summed E-state index contributed by atoms with van der Waals surface area (Å²) in [5.74, 6) is 0. The molecule has 0 radical (unpaired) electrons. The van der Waals surface area contributed by atoms with Crippen LogP contribution in [0.2, 0.25) is 0 Å². The Morgan fingerprint density at radius 1 is 0.248 bits per heavy atom. The maximum atomic E-state index is 2.57. The standard InChI is InChI=1S/C104H111N/c1-10-14-18-22-26-76-32-40-82(41-33-76)84-48-68-96-97-69-49-85(73-101(97)104(100(96)72-84,88-52-36-78(37-53-88)28-24-20-16-12-3)89-54-38-79(39-55-89)29-25-21-17-13-4)83-46-62-92(63-47-83)105(91-60-44-81(45-61-91)80-42-56-86(57-43-80)102(7,8)9)93-64-58-90(59-65-93)103(87-50-34-77(35-51-87)27-23-19-15-11-2)98-70-74(5)30-66-94(98)95-67-31-75(6)71-99(95)103/h30-73H,10-29H2,1-9H3. The van der Waals surface area contributed by atoms with E-state index in [0.717, 1.165) is 42.7 Å². The molecule has 0 saturated heterocycles. The van der Waals surface area contributed by atoms with E-state index >= 15 is 0 Å². The Labute approximate surface area is 630 Å². The molecular formula is C104H111N. The van der Waals surface area contributed by atoms with Crippen LogP contribution < -0.4 is 4.90 Å². The molecule has 0 atom stereocenters. The van der Waals surface area contributed by atoms with Crippen LogP contribution in [-0.2, 0) is 41.9 Å². The van der Waals surface area contributed by atoms with Crippen LogP contribution in [0.4, 0.5) is 17.1 Å². The Hall–Kier alpha value is -9.56. The zero-order valence-corrected chi connectivity index (χ0v) is 64.5. The second-order valence-corrected chi connectivity index (χ2v) is 32.0. The van der Waals surface area contributed by atoms with Crippen molar-refractivity contribution in [2.45, 2.75) is 207 Å². The lowest BCUT2D eigenvalue weighted by atomic mass is 9.67. The van der Waals surface area contributed by atoms with E-state index in [1.807, 2.05) is 0 Å². The first-order valence-corrected chi connectivity index (χ1v) is 40.4. The van der Waals surface area contributed by atoms with Gasteiger partial charge in [0.1, 0.15) is 0 Å². The van der Waals surface area contributed by atoms with Gasteiger partial charge < -0.3 is 4.90 Å². The van der Waals surface area contributed by atoms with Crippen molar-refractivity contribution >= 4 is 17.1 Å². The van der Waals surface area contributed by atoms with Crippen molar-refractivity contribution in [2.75, 3.05) is 4.90 Å². The van der Waals surface area contributed by atoms with Gasteiger partial charge in [-0.05, 0) is 247 Å². The highest BCUT2D eigenvalue weighted by atomic mass is 15.1. The molecule has 0 bridgehead atoms. The van der Waals surface area contributed by atoms with Crippen LogP contribution in [0, 0.1) is 13.8 Å². The van der Waals surface area contributed by atoms with Crippen molar-refractivity contribution in [1.82, 2.24) is 0 Å². The highest BCUT2D eigenvalue weighted by molar-refractivity contribution is 5.92. The first-order valence-electron chi connectivity index (χ1n) is 40.4. The summed E-state index contributed by atoms with van der Waals surface area (Å²) in [4.78, 5) is 2.47. The highest BCUT2D eigenvalue weighted by Crippen LogP contribution is 2.59. The normalized spacial score (nSPS) is 13.2. The molecule has 0 amide bonds. The molecule has 532 valence electrons. The van der Waals surface area contributed by atoms with E-state index in [1.165, 1.54) is 242 Å². The lowest BCUT2D eigenvalue weighted by Gasteiger charge is -2.35. The average molecular weight is 1380 g/mol. The summed E-state index contributed by atoms with van der Waals surface area (Å²) in [6.07, 6.45) is 24.6. The molecule has 0 unspecified atom stereocenters. The third-order valence-corrected chi connectivity index (χ3v) is 23.5. The van der Waals surface area contributed by atoms with Crippen LogP contribution in [0.1, 0.15) is 235 Å². The van der Waals surface area contributed by atoms with Gasteiger partial charge in [0.05, 0.1) is 10.8 Å². The molecule has 0 aromatic heterocycles. The fourth-order valence-corrected chi connectivity index (χ4v) is 17.5. The van der Waals surface area contributed by atoms with Crippen molar-refractivity contribution < 1.29 is 0 Å². The molecule has 1 nitrogen and oxygen atoms in total. The zero-order valence-electron chi connectivity index (χ0n) is 64.5. The summed E-state index contributed by atoms with van der Waals surface area (Å²) in [6.45, 7) is 20.6. The Morgan fingerprint density at radius 3 is 0.810 bits per heavy atom. The van der Waals surface area contributed by atoms with Gasteiger partial charge in [-0.25, -0.2) is 0 Å². The number of hydrogen-bond donors (Lipinski definition) is 0. The summed E-state index contributed by atoms with van der Waals surface area (Å²) in [6, 6.07) is 106. The molecule has 0 fully saturated rings. The van der Waals surface area contributed by atoms with Crippen molar-refractivity contribution in [2.24, 2.45) is 0 Å². The van der Waals surface area contributed by atoms with Crippen LogP contribution in [0.25, 0.3) is 55.6 Å². The Morgan fingerprint density at radius 2 is 0.495 bits per heavy atom. The van der Waals surface area contributed by atoms with Crippen molar-refractivity contribution in [1.29, 1.82) is 0 Å². The first kappa shape index (κ1) is 72.4. The lowest BCUT2D eigenvalue weighted by molar-refractivity contribution is 0.590. The molecule has 0 saturated carbocycles. The van der Waals surface area contributed by atoms with Crippen LogP contribution >= 0.6 is 0 Å². The minimum atomic E-state index is -0.586. The highest BCUT2D eigenvalue weighted by Gasteiger charge is 2.48. The molecule has 105 heavy (non-hydrogen) atoms. The van der Waals surface area contributed by atoms with E-state index in [0.29, 0.717) is 0 Å². The molecule has 2 aliphatic rings. The number of hydrogen-bond acceptors (Lipinski definition) is 1. The molecular weight excluding hydrogens is 1260 g/mol. The lowest BCUT2D eigenvalue weighted by Crippen LogP contribution is -2.29. The maximum Gasteiger partial charge on any atom is 0.0714 e. The Balaban J connectivity index is 0.885. The second kappa shape index (κ2) is 32.4. The number of rotatable bonds is 30. The smallest absolute Gasteiger partial charge is 0.0714 e. The van der Waals surface area contributed by atoms with Gasteiger partial charge in [0.15, 0.2) is 0 Å². The topological polar surface area (TPSA) is 3.24 Å². The third-order valence-electron chi connectivity index (χ3n) is 23.5. The third kappa shape index (κ3) is 14.9. The van der Waals surface area contributed by atoms with E-state index < -0.39 is 10.8 Å². The van der Waals surface area contributed by atoms with Crippen LogP contribution in [0.15, 0.2) is 267 Å². The largest absolute Gasteiger partial charge is 0.311 e. The molecule has 14 rings (SSSR count).